The Kier molecular flexibility index (Phi) is 5.85. The highest BCUT2D eigenvalue weighted by Crippen LogP contribution is 2.35. The van der Waals surface area contributed by atoms with Crippen LogP contribution in [0, 0.1) is 0 Å². The van der Waals surface area contributed by atoms with Crippen LogP contribution in [-0.2, 0) is 20.5 Å². The van der Waals surface area contributed by atoms with E-state index in [1.165, 1.54) is 6.07 Å². The second-order valence-corrected chi connectivity index (χ2v) is 6.44. The molecule has 10 heteroatoms. The van der Waals surface area contributed by atoms with Crippen LogP contribution in [0.5, 0.6) is 0 Å². The summed E-state index contributed by atoms with van der Waals surface area (Å²) in [6.45, 7) is 2.97. The number of amides is 2. The molecule has 0 spiro atoms. The van der Waals surface area contributed by atoms with E-state index in [1.54, 1.807) is 4.90 Å². The summed E-state index contributed by atoms with van der Waals surface area (Å²) in [6.07, 6.45) is -4.51. The molecule has 3 rings (SSSR count). The molecule has 0 saturated carbocycles. The topological polar surface area (TPSA) is 73.9 Å². The van der Waals surface area contributed by atoms with Crippen LogP contribution < -0.4 is 15.5 Å². The van der Waals surface area contributed by atoms with Crippen molar-refractivity contribution in [3.63, 3.8) is 0 Å². The first-order chi connectivity index (χ1) is 12.8. The van der Waals surface area contributed by atoms with E-state index in [0.717, 1.165) is 12.1 Å². The molecule has 2 saturated heterocycles. The summed E-state index contributed by atoms with van der Waals surface area (Å²) in [5.41, 5.74) is -0.193. The number of nitrogens with one attached hydrogen (secondary N) is 2. The van der Waals surface area contributed by atoms with E-state index in [0.29, 0.717) is 45.1 Å². The summed E-state index contributed by atoms with van der Waals surface area (Å²) in [7, 11) is 0. The van der Waals surface area contributed by atoms with Crippen LogP contribution in [0.1, 0.15) is 5.56 Å². The van der Waals surface area contributed by atoms with Crippen molar-refractivity contribution < 1.29 is 27.5 Å². The maximum atomic E-state index is 13.1. The predicted octanol–water partition coefficient (Wildman–Crippen LogP) is 0.912. The lowest BCUT2D eigenvalue weighted by atomic mass is 10.1. The molecule has 2 N–H and O–H groups in total. The summed E-state index contributed by atoms with van der Waals surface area (Å²) >= 11 is 0. The first-order valence-corrected chi connectivity index (χ1v) is 8.66. The van der Waals surface area contributed by atoms with Gasteiger partial charge in [0.15, 0.2) is 0 Å². The van der Waals surface area contributed by atoms with E-state index in [2.05, 4.69) is 10.6 Å². The number of anilines is 2. The second kappa shape index (κ2) is 8.13. The molecule has 0 aliphatic carbocycles. The molecular weight excluding hydrogens is 365 g/mol. The standard InChI is InChI=1S/C17H21F3N4O3/c18-17(19,20)12-1-2-14(24-5-7-27-8-6-24)13(9-12)22-16(26)11-23-4-3-21-15(25)10-23/h1-2,9H,3-8,10-11H2,(H,21,25)(H,22,26). The molecule has 0 unspecified atom stereocenters. The summed E-state index contributed by atoms with van der Waals surface area (Å²) in [5.74, 6) is -0.638. The Hall–Kier alpha value is -2.33. The molecule has 2 fully saturated rings. The zero-order valence-corrected chi connectivity index (χ0v) is 14.6. The van der Waals surface area contributed by atoms with Gasteiger partial charge in [0.2, 0.25) is 11.8 Å². The fraction of sp³-hybridized carbons (Fsp3) is 0.529. The highest BCUT2D eigenvalue weighted by Gasteiger charge is 2.32. The van der Waals surface area contributed by atoms with E-state index >= 15 is 0 Å². The average molecular weight is 386 g/mol. The molecule has 0 bridgehead atoms. The number of hydrogen-bond acceptors (Lipinski definition) is 5. The molecule has 0 atom stereocenters. The zero-order chi connectivity index (χ0) is 19.4. The summed E-state index contributed by atoms with van der Waals surface area (Å²) in [4.78, 5) is 27.3. The van der Waals surface area contributed by atoms with Gasteiger partial charge in [-0.1, -0.05) is 0 Å². The molecule has 2 heterocycles. The van der Waals surface area contributed by atoms with Gasteiger partial charge in [0.25, 0.3) is 0 Å². The van der Waals surface area contributed by atoms with E-state index in [4.69, 9.17) is 4.74 Å². The van der Waals surface area contributed by atoms with Gasteiger partial charge in [-0.05, 0) is 18.2 Å². The molecule has 148 valence electrons. The first-order valence-electron chi connectivity index (χ1n) is 8.66. The van der Waals surface area contributed by atoms with Crippen LogP contribution >= 0.6 is 0 Å². The van der Waals surface area contributed by atoms with Crippen molar-refractivity contribution in [3.05, 3.63) is 23.8 Å². The van der Waals surface area contributed by atoms with E-state index in [9.17, 15) is 22.8 Å². The van der Waals surface area contributed by atoms with Crippen molar-refractivity contribution in [2.45, 2.75) is 6.18 Å². The number of benzene rings is 1. The first kappa shape index (κ1) is 19.4. The number of morpholine rings is 1. The summed E-state index contributed by atoms with van der Waals surface area (Å²) in [6, 6.07) is 3.33. The van der Waals surface area contributed by atoms with Crippen molar-refractivity contribution in [3.8, 4) is 0 Å². The van der Waals surface area contributed by atoms with Crippen molar-refractivity contribution in [2.24, 2.45) is 0 Å². The number of piperazine rings is 1. The van der Waals surface area contributed by atoms with Crippen molar-refractivity contribution in [1.29, 1.82) is 0 Å². The number of hydrogen-bond donors (Lipinski definition) is 2. The van der Waals surface area contributed by atoms with E-state index in [-0.39, 0.29) is 24.7 Å². The smallest absolute Gasteiger partial charge is 0.378 e. The van der Waals surface area contributed by atoms with Crippen molar-refractivity contribution in [1.82, 2.24) is 10.2 Å². The monoisotopic (exact) mass is 386 g/mol. The Bertz CT molecular complexity index is 705. The Morgan fingerprint density at radius 3 is 2.63 bits per heavy atom. The molecule has 2 aliphatic rings. The van der Waals surface area contributed by atoms with Crippen LogP contribution in [0.3, 0.4) is 0 Å². The SMILES string of the molecule is O=C1CN(CC(=O)Nc2cc(C(F)(F)F)ccc2N2CCOCC2)CCN1. The third-order valence-corrected chi connectivity index (χ3v) is 4.43. The molecular formula is C17H21F3N4O3. The Balaban J connectivity index is 1.77. The minimum atomic E-state index is -4.51. The second-order valence-electron chi connectivity index (χ2n) is 6.44. The molecule has 27 heavy (non-hydrogen) atoms. The van der Waals surface area contributed by atoms with Gasteiger partial charge in [-0.25, -0.2) is 0 Å². The summed E-state index contributed by atoms with van der Waals surface area (Å²) < 4.78 is 44.6. The van der Waals surface area contributed by atoms with Gasteiger partial charge in [-0.2, -0.15) is 13.2 Å². The molecule has 1 aromatic rings. The lowest BCUT2D eigenvalue weighted by Crippen LogP contribution is -2.49. The molecule has 0 aromatic heterocycles. The maximum Gasteiger partial charge on any atom is 0.416 e. The fourth-order valence-electron chi connectivity index (χ4n) is 3.11. The lowest BCUT2D eigenvalue weighted by Gasteiger charge is -2.31. The maximum absolute atomic E-state index is 13.1. The zero-order valence-electron chi connectivity index (χ0n) is 14.6. The summed E-state index contributed by atoms with van der Waals surface area (Å²) in [5, 5.41) is 5.24. The number of carbonyl (C=O) groups is 2. The molecule has 1 aromatic carbocycles. The van der Waals surface area contributed by atoms with Crippen molar-refractivity contribution in [2.75, 3.05) is 62.7 Å². The number of rotatable bonds is 4. The minimum absolute atomic E-state index is 0.0633. The van der Waals surface area contributed by atoms with Crippen LogP contribution in [0.25, 0.3) is 0 Å². The van der Waals surface area contributed by atoms with Gasteiger partial charge in [0.1, 0.15) is 0 Å². The van der Waals surface area contributed by atoms with Gasteiger partial charge in [0, 0.05) is 26.2 Å². The van der Waals surface area contributed by atoms with Gasteiger partial charge in [-0.15, -0.1) is 0 Å². The van der Waals surface area contributed by atoms with Gasteiger partial charge in [-0.3, -0.25) is 14.5 Å². The minimum Gasteiger partial charge on any atom is -0.378 e. The predicted molar refractivity (Wildman–Crippen MR) is 92.6 cm³/mol. The highest BCUT2D eigenvalue weighted by molar-refractivity contribution is 5.96. The normalized spacial score (nSPS) is 18.9. The largest absolute Gasteiger partial charge is 0.416 e. The van der Waals surface area contributed by atoms with Crippen LogP contribution in [0.2, 0.25) is 0 Å². The van der Waals surface area contributed by atoms with Gasteiger partial charge < -0.3 is 20.3 Å². The number of ether oxygens (including phenoxy) is 1. The molecule has 2 amide bonds. The molecule has 0 radical (unpaired) electrons. The van der Waals surface area contributed by atoms with Crippen molar-refractivity contribution >= 4 is 23.2 Å². The number of nitrogens with zero attached hydrogens (tertiary/aromatic N) is 2. The fourth-order valence-corrected chi connectivity index (χ4v) is 3.11. The number of alkyl halides is 3. The van der Waals surface area contributed by atoms with Crippen LogP contribution in [0.4, 0.5) is 24.5 Å². The highest BCUT2D eigenvalue weighted by atomic mass is 19.4. The molecule has 7 nitrogen and oxygen atoms in total. The number of carbonyl (C=O) groups excluding carboxylic acids is 2. The lowest BCUT2D eigenvalue weighted by molar-refractivity contribution is -0.137. The van der Waals surface area contributed by atoms with Crippen LogP contribution in [0.15, 0.2) is 18.2 Å². The Morgan fingerprint density at radius 2 is 1.96 bits per heavy atom. The van der Waals surface area contributed by atoms with Gasteiger partial charge >= 0.3 is 6.18 Å². The third kappa shape index (κ3) is 5.10. The third-order valence-electron chi connectivity index (χ3n) is 4.43. The molecule has 2 aliphatic heterocycles. The quantitative estimate of drug-likeness (QED) is 0.805. The van der Waals surface area contributed by atoms with E-state index in [1.807, 2.05) is 4.90 Å². The van der Waals surface area contributed by atoms with Crippen LogP contribution in [-0.4, -0.2) is 69.2 Å². The Labute approximate surface area is 154 Å². The van der Waals surface area contributed by atoms with Gasteiger partial charge in [0.05, 0.1) is 43.2 Å². The van der Waals surface area contributed by atoms with E-state index < -0.39 is 17.6 Å². The number of halogens is 3. The Morgan fingerprint density at radius 1 is 1.22 bits per heavy atom. The average Bonchev–Trinajstić information content (AvgIpc) is 2.61.